The lowest BCUT2D eigenvalue weighted by atomic mass is 9.99. The van der Waals surface area contributed by atoms with E-state index >= 15 is 0 Å². The van der Waals surface area contributed by atoms with Crippen molar-refractivity contribution in [2.75, 3.05) is 171 Å². The van der Waals surface area contributed by atoms with E-state index in [9.17, 15) is 24.3 Å². The fourth-order valence-electron chi connectivity index (χ4n) is 13.3. The van der Waals surface area contributed by atoms with Gasteiger partial charge in [-0.25, -0.2) is 29.9 Å². The zero-order valence-electron chi connectivity index (χ0n) is 61.5. The highest BCUT2D eigenvalue weighted by atomic mass is 32.1. The van der Waals surface area contributed by atoms with Crippen molar-refractivity contribution < 1.29 is 38.5 Å². The van der Waals surface area contributed by atoms with Crippen molar-refractivity contribution >= 4 is 148 Å². The highest BCUT2D eigenvalue weighted by Gasteiger charge is 2.38. The van der Waals surface area contributed by atoms with Gasteiger partial charge in [-0.15, -0.1) is 34.0 Å². The summed E-state index contributed by atoms with van der Waals surface area (Å²) in [5.41, 5.74) is 9.66. The Morgan fingerprint density at radius 3 is 1.32 bits per heavy atom. The lowest BCUT2D eigenvalue weighted by Gasteiger charge is -2.36. The number of nitrogens with one attached hydrogen (secondary N) is 4. The largest absolute Gasteiger partial charge is 0.495 e. The minimum Gasteiger partial charge on any atom is -0.495 e. The number of hydrogen-bond donors (Lipinski definition) is 5. The predicted molar refractivity (Wildman–Crippen MR) is 415 cm³/mol. The minimum absolute atomic E-state index is 0.121. The van der Waals surface area contributed by atoms with E-state index < -0.39 is 0 Å². The Balaban J connectivity index is 0.000000148. The normalized spacial score (nSPS) is 14.7. The second kappa shape index (κ2) is 32.3. The Hall–Kier alpha value is -10.5. The predicted octanol–water partition coefficient (Wildman–Crippen LogP) is 10.9. The standard InChI is InChI=1S/C26H34N8O3S.C24H29N7O2S.C22H25N7O3S/c1-5-33-20-16-27-26(30-23(20)34(6-2)25-22(24(33)36)28-17(3)38-25)29-19-8-7-18(15-21(19)37-4)32-11-9-31(10-12-32)13-14-35;1-6-30-18-12-25-24(27-17-10-16-13-29(4)9-8-15(16)11-19(17)33-5)28-21(18)31(7-2)23-20(22(30)32)26-14(3)34-23;1-6-28-15-11-24-22(26-14-9-8-13(19(30)23-4)10-16(14)32-5)27-18(15)29(7-2)21-17(20(28)31)25-12(3)33-21/h7-8,15-16,35H,5-6,9-14H2,1-4H3,(H,27,29,30);10-12H,6-9,13H2,1-5H3,(H,25,27,28);8-11H,6-7H2,1-5H3,(H,23,30)(H,24,26,27). The topological polar surface area (TPSA) is 309 Å². The SMILES string of the molecule is CCN1C(=O)c2nc(C)sc2N(CC)c2nc(Nc3cc4c(cc3OC)CCN(C)C4)ncc21.CCN1C(=O)c2nc(C)sc2N(CC)c2nc(Nc3ccc(C(=O)NC)cc3OC)ncc21.CCN1C(=O)c2nc(C)sc2N(CC)c2nc(Nc3ccc(N4CCN(CCO)CC4)cc3OC)ncc21. The minimum atomic E-state index is -0.209. The van der Waals surface area contributed by atoms with Crippen molar-refractivity contribution in [3.63, 3.8) is 0 Å². The molecule has 5 N–H and O–H groups in total. The smallest absolute Gasteiger partial charge is 0.280 e. The third-order valence-corrected chi connectivity index (χ3v) is 21.5. The van der Waals surface area contributed by atoms with Gasteiger partial charge in [-0.05, 0) is 129 Å². The van der Waals surface area contributed by atoms with Crippen LogP contribution in [0.3, 0.4) is 0 Å². The number of β-amino-alcohol motifs (C(OH)–C–C–N with tert-alkyl or cyclic N) is 1. The molecule has 6 aromatic heterocycles. The summed E-state index contributed by atoms with van der Waals surface area (Å²) < 4.78 is 16.9. The average molecular weight is 1490 g/mol. The quantitative estimate of drug-likeness (QED) is 0.0502. The van der Waals surface area contributed by atoms with Crippen LogP contribution < -0.4 is 69.8 Å². The molecule has 0 aliphatic carbocycles. The number of methoxy groups -OCH3 is 3. The molecule has 0 bridgehead atoms. The summed E-state index contributed by atoms with van der Waals surface area (Å²) in [6, 6.07) is 15.4. The first kappa shape index (κ1) is 74.3. The van der Waals surface area contributed by atoms with Crippen LogP contribution in [0.1, 0.15) is 110 Å². The number of aliphatic hydroxyl groups is 1. The van der Waals surface area contributed by atoms with Crippen LogP contribution in [0.15, 0.2) is 67.1 Å². The Morgan fingerprint density at radius 1 is 0.505 bits per heavy atom. The summed E-state index contributed by atoms with van der Waals surface area (Å²) in [5.74, 6) is 4.49. The number of benzene rings is 3. The van der Waals surface area contributed by atoms with Gasteiger partial charge in [0.15, 0.2) is 34.5 Å². The van der Waals surface area contributed by atoms with Crippen molar-refractivity contribution in [3.05, 3.63) is 116 Å². The van der Waals surface area contributed by atoms with Gasteiger partial charge in [0.05, 0.1) is 78.6 Å². The number of thiazole rings is 3. The first-order valence-electron chi connectivity index (χ1n) is 35.0. The fourth-order valence-corrected chi connectivity index (χ4v) is 16.2. The molecule has 0 radical (unpaired) electrons. The van der Waals surface area contributed by atoms with Crippen LogP contribution in [-0.2, 0) is 13.0 Å². The Kier molecular flexibility index (Phi) is 22.8. The van der Waals surface area contributed by atoms with Gasteiger partial charge in [-0.3, -0.25) is 24.1 Å². The van der Waals surface area contributed by atoms with Crippen molar-refractivity contribution in [2.24, 2.45) is 0 Å². The van der Waals surface area contributed by atoms with Crippen LogP contribution in [0, 0.1) is 20.8 Å². The zero-order valence-corrected chi connectivity index (χ0v) is 64.0. The third-order valence-electron chi connectivity index (χ3n) is 18.5. The summed E-state index contributed by atoms with van der Waals surface area (Å²) in [7, 11) is 8.56. The Morgan fingerprint density at radius 2 is 0.914 bits per heavy atom. The van der Waals surface area contributed by atoms with E-state index in [1.165, 1.54) is 52.2 Å². The first-order valence-corrected chi connectivity index (χ1v) is 37.4. The summed E-state index contributed by atoms with van der Waals surface area (Å²) in [4.78, 5) is 111. The molecule has 14 rings (SSSR count). The number of carbonyl (C=O) groups excluding carboxylic acids is 4. The van der Waals surface area contributed by atoms with Gasteiger partial charge >= 0.3 is 0 Å². The van der Waals surface area contributed by atoms with Gasteiger partial charge in [0.25, 0.3) is 23.6 Å². The van der Waals surface area contributed by atoms with Gasteiger partial charge in [0.2, 0.25) is 17.8 Å². The number of hydrogen-bond acceptors (Lipinski definition) is 29. The van der Waals surface area contributed by atoms with Gasteiger partial charge in [0, 0.05) is 109 Å². The second-order valence-corrected chi connectivity index (χ2v) is 28.4. The molecule has 1 fully saturated rings. The van der Waals surface area contributed by atoms with Crippen LogP contribution in [0.25, 0.3) is 0 Å². The fraction of sp³-hybridized carbons (Fsp3) is 0.403. The van der Waals surface area contributed by atoms with Crippen molar-refractivity contribution in [2.45, 2.75) is 75.3 Å². The molecule has 0 saturated carbocycles. The van der Waals surface area contributed by atoms with E-state index in [4.69, 9.17) is 29.2 Å². The molecular formula is C72H88N22O8S3. The third kappa shape index (κ3) is 15.0. The van der Waals surface area contributed by atoms with Gasteiger partial charge in [-0.2, -0.15) is 15.0 Å². The molecule has 4 amide bonds. The lowest BCUT2D eigenvalue weighted by molar-refractivity contribution is 0.0958. The van der Waals surface area contributed by atoms with Gasteiger partial charge in [-0.1, -0.05) is 0 Å². The molecule has 3 aromatic carbocycles. The molecule has 0 atom stereocenters. The van der Waals surface area contributed by atoms with Gasteiger partial charge in [0.1, 0.15) is 49.3 Å². The van der Waals surface area contributed by atoms with Gasteiger partial charge < -0.3 is 79.8 Å². The monoisotopic (exact) mass is 1480 g/mol. The number of nitrogens with zero attached hydrogens (tertiary/aromatic N) is 18. The number of fused-ring (bicyclic) bond motifs is 7. The van der Waals surface area contributed by atoms with Crippen LogP contribution in [-0.4, -0.2) is 204 Å². The molecule has 0 spiro atoms. The molecule has 552 valence electrons. The summed E-state index contributed by atoms with van der Waals surface area (Å²) in [5, 5.41) is 26.6. The number of likely N-dealkylation sites (N-methyl/N-ethyl adjacent to an activating group) is 1. The number of aliphatic hydroxyl groups excluding tert-OH is 1. The Labute approximate surface area is 622 Å². The Bertz CT molecular complexity index is 4710. The maximum atomic E-state index is 13.3. The number of piperazine rings is 1. The van der Waals surface area contributed by atoms with Crippen LogP contribution in [0.2, 0.25) is 0 Å². The van der Waals surface area contributed by atoms with Crippen molar-refractivity contribution in [1.29, 1.82) is 0 Å². The molecule has 0 unspecified atom stereocenters. The van der Waals surface area contributed by atoms with Crippen LogP contribution >= 0.6 is 34.0 Å². The van der Waals surface area contributed by atoms with E-state index in [-0.39, 0.29) is 30.2 Å². The molecule has 5 aliphatic heterocycles. The number of anilines is 16. The molecule has 30 nitrogen and oxygen atoms in total. The number of ether oxygens (including phenoxy) is 3. The number of carbonyl (C=O) groups is 4. The molecule has 11 heterocycles. The molecule has 5 aliphatic rings. The van der Waals surface area contributed by atoms with E-state index in [1.807, 2.05) is 84.2 Å². The van der Waals surface area contributed by atoms with E-state index in [2.05, 4.69) is 96.0 Å². The maximum Gasteiger partial charge on any atom is 0.280 e. The lowest BCUT2D eigenvalue weighted by Crippen LogP contribution is -2.47. The first-order chi connectivity index (χ1) is 50.8. The number of amides is 4. The van der Waals surface area contributed by atoms with Crippen LogP contribution in [0.4, 0.5) is 90.1 Å². The summed E-state index contributed by atoms with van der Waals surface area (Å²) in [6.07, 6.45) is 6.06. The molecule has 33 heteroatoms. The molecule has 105 heavy (non-hydrogen) atoms. The second-order valence-electron chi connectivity index (χ2n) is 24.9. The molecular weight excluding hydrogens is 1400 g/mol. The molecule has 9 aromatic rings. The van der Waals surface area contributed by atoms with E-state index in [0.29, 0.717) is 138 Å². The number of aromatic nitrogens is 9. The van der Waals surface area contributed by atoms with Crippen LogP contribution in [0.5, 0.6) is 17.2 Å². The zero-order chi connectivity index (χ0) is 74.5. The highest BCUT2D eigenvalue weighted by Crippen LogP contribution is 2.47. The summed E-state index contributed by atoms with van der Waals surface area (Å²) >= 11 is 4.47. The van der Waals surface area contributed by atoms with E-state index in [0.717, 1.165) is 98.5 Å². The number of aryl methyl sites for hydroxylation is 3. The van der Waals surface area contributed by atoms with Crippen molar-refractivity contribution in [3.8, 4) is 17.2 Å². The molecule has 1 saturated heterocycles. The average Bonchev–Trinajstić information content (AvgIpc) is 1.64. The number of rotatable bonds is 19. The van der Waals surface area contributed by atoms with E-state index in [1.54, 1.807) is 72.8 Å². The summed E-state index contributed by atoms with van der Waals surface area (Å²) in [6.45, 7) is 27.4. The maximum absolute atomic E-state index is 13.3. The van der Waals surface area contributed by atoms with Crippen molar-refractivity contribution in [1.82, 2.24) is 60.0 Å². The highest BCUT2D eigenvalue weighted by molar-refractivity contribution is 7.17.